The van der Waals surface area contributed by atoms with Crippen molar-refractivity contribution >= 4 is 12.4 Å². The summed E-state index contributed by atoms with van der Waals surface area (Å²) >= 11 is 0. The molecule has 0 amide bonds. The van der Waals surface area contributed by atoms with Crippen molar-refractivity contribution in [2.24, 2.45) is 0 Å². The molecule has 1 N–H and O–H groups in total. The Morgan fingerprint density at radius 3 is 2.29 bits per heavy atom. The molecule has 0 fully saturated rings. The van der Waals surface area contributed by atoms with Crippen molar-refractivity contribution in [3.8, 4) is 5.75 Å². The van der Waals surface area contributed by atoms with Crippen molar-refractivity contribution in [2.45, 2.75) is 13.3 Å². The molecule has 0 heterocycles. The van der Waals surface area contributed by atoms with Gasteiger partial charge in [0, 0.05) is 0 Å². The van der Waals surface area contributed by atoms with E-state index in [0.29, 0.717) is 18.6 Å². The predicted molar refractivity (Wildman–Crippen MR) is 61.8 cm³/mol. The molecular weight excluding hydrogens is 224 g/mol. The van der Waals surface area contributed by atoms with Crippen LogP contribution in [0, 0.1) is 0 Å². The summed E-state index contributed by atoms with van der Waals surface area (Å²) in [5, 5.41) is 8.96. The number of methoxy groups -OCH3 is 1. The van der Waals surface area contributed by atoms with Crippen LogP contribution in [0.25, 0.3) is 0 Å². The van der Waals surface area contributed by atoms with Gasteiger partial charge in [0.1, 0.15) is 5.75 Å². The minimum Gasteiger partial charge on any atom is -0.508 e. The van der Waals surface area contributed by atoms with Gasteiger partial charge in [0.25, 0.3) is 6.47 Å². The average molecular weight is 240 g/mol. The van der Waals surface area contributed by atoms with E-state index in [4.69, 9.17) is 14.6 Å². The summed E-state index contributed by atoms with van der Waals surface area (Å²) in [4.78, 5) is 20.2. The molecule has 0 aliphatic rings. The van der Waals surface area contributed by atoms with Crippen molar-refractivity contribution in [1.82, 2.24) is 0 Å². The third kappa shape index (κ3) is 6.94. The Hall–Kier alpha value is -2.04. The van der Waals surface area contributed by atoms with Crippen molar-refractivity contribution in [2.75, 3.05) is 13.7 Å². The number of ether oxygens (including phenoxy) is 2. The molecule has 1 aromatic carbocycles. The van der Waals surface area contributed by atoms with Crippen molar-refractivity contribution in [3.63, 3.8) is 0 Å². The Morgan fingerprint density at radius 1 is 1.35 bits per heavy atom. The first-order valence-corrected chi connectivity index (χ1v) is 5.08. The van der Waals surface area contributed by atoms with Gasteiger partial charge >= 0.3 is 5.97 Å². The molecule has 1 rings (SSSR count). The molecule has 17 heavy (non-hydrogen) atoms. The van der Waals surface area contributed by atoms with Gasteiger partial charge in [-0.1, -0.05) is 6.92 Å². The minimum absolute atomic E-state index is 0.145. The normalized spacial score (nSPS) is 8.59. The first kappa shape index (κ1) is 15.0. The Labute approximate surface area is 100.0 Å². The van der Waals surface area contributed by atoms with Crippen LogP contribution in [0.5, 0.6) is 5.75 Å². The van der Waals surface area contributed by atoms with Gasteiger partial charge in [0.2, 0.25) is 0 Å². The van der Waals surface area contributed by atoms with Crippen LogP contribution in [-0.2, 0) is 14.3 Å². The first-order chi connectivity index (χ1) is 8.15. The highest BCUT2D eigenvalue weighted by Crippen LogP contribution is 2.10. The molecule has 0 saturated carbocycles. The Morgan fingerprint density at radius 2 is 1.88 bits per heavy atom. The minimum atomic E-state index is -0.346. The lowest BCUT2D eigenvalue weighted by Crippen LogP contribution is -2.05. The fourth-order valence-corrected chi connectivity index (χ4v) is 0.876. The largest absolute Gasteiger partial charge is 0.508 e. The number of phenols is 1. The zero-order valence-corrected chi connectivity index (χ0v) is 9.88. The monoisotopic (exact) mass is 240 g/mol. The molecule has 0 aromatic heterocycles. The van der Waals surface area contributed by atoms with Gasteiger partial charge in [0.15, 0.2) is 0 Å². The second kappa shape index (κ2) is 9.21. The van der Waals surface area contributed by atoms with E-state index in [1.807, 2.05) is 6.92 Å². The smallest absolute Gasteiger partial charge is 0.338 e. The first-order valence-electron chi connectivity index (χ1n) is 5.08. The summed E-state index contributed by atoms with van der Waals surface area (Å²) < 4.78 is 8.76. The summed E-state index contributed by atoms with van der Waals surface area (Å²) in [7, 11) is 1.31. The number of benzene rings is 1. The molecular formula is C12H16O5. The van der Waals surface area contributed by atoms with E-state index in [1.54, 1.807) is 0 Å². The second-order valence-electron chi connectivity index (χ2n) is 3.01. The molecule has 0 unspecified atom stereocenters. The van der Waals surface area contributed by atoms with Gasteiger partial charge in [-0.2, -0.15) is 0 Å². The van der Waals surface area contributed by atoms with Gasteiger partial charge in [-0.15, -0.1) is 0 Å². The Bertz CT molecular complexity index is 331. The van der Waals surface area contributed by atoms with Gasteiger partial charge in [-0.25, -0.2) is 4.79 Å². The van der Waals surface area contributed by atoms with Crippen LogP contribution in [0.4, 0.5) is 0 Å². The van der Waals surface area contributed by atoms with E-state index in [9.17, 15) is 4.79 Å². The molecule has 0 aliphatic carbocycles. The third-order valence-corrected chi connectivity index (χ3v) is 1.64. The number of rotatable bonds is 4. The number of phenolic OH excluding ortho intramolecular Hbond substituents is 1. The Balaban J connectivity index is 0.000000557. The Kier molecular flexibility index (Phi) is 8.10. The van der Waals surface area contributed by atoms with E-state index in [0.717, 1.165) is 6.42 Å². The SMILES string of the molecule is CCCOC(=O)c1ccc(O)cc1.COC=O. The average Bonchev–Trinajstić information content (AvgIpc) is 2.37. The van der Waals surface area contributed by atoms with E-state index in [2.05, 4.69) is 4.74 Å². The fourth-order valence-electron chi connectivity index (χ4n) is 0.876. The third-order valence-electron chi connectivity index (χ3n) is 1.64. The maximum atomic E-state index is 11.2. The maximum Gasteiger partial charge on any atom is 0.338 e. The summed E-state index contributed by atoms with van der Waals surface area (Å²) in [5.41, 5.74) is 0.464. The van der Waals surface area contributed by atoms with Crippen LogP contribution in [0.3, 0.4) is 0 Å². The van der Waals surface area contributed by atoms with Gasteiger partial charge in [-0.3, -0.25) is 4.79 Å². The van der Waals surface area contributed by atoms with E-state index < -0.39 is 0 Å². The summed E-state index contributed by atoms with van der Waals surface area (Å²) in [6.45, 7) is 2.74. The molecule has 94 valence electrons. The van der Waals surface area contributed by atoms with Gasteiger partial charge in [0.05, 0.1) is 19.3 Å². The maximum absolute atomic E-state index is 11.2. The summed E-state index contributed by atoms with van der Waals surface area (Å²) in [6.07, 6.45) is 0.809. The van der Waals surface area contributed by atoms with Crippen LogP contribution in [0.2, 0.25) is 0 Å². The van der Waals surface area contributed by atoms with Crippen LogP contribution in [-0.4, -0.2) is 31.3 Å². The topological polar surface area (TPSA) is 72.8 Å². The van der Waals surface area contributed by atoms with Crippen molar-refractivity contribution in [1.29, 1.82) is 0 Å². The molecule has 0 aliphatic heterocycles. The highest BCUT2D eigenvalue weighted by Gasteiger charge is 2.05. The number of hydrogen-bond acceptors (Lipinski definition) is 5. The number of carbonyl (C=O) groups excluding carboxylic acids is 2. The molecule has 0 atom stereocenters. The van der Waals surface area contributed by atoms with Gasteiger partial charge < -0.3 is 14.6 Å². The molecule has 0 spiro atoms. The second-order valence-corrected chi connectivity index (χ2v) is 3.01. The highest BCUT2D eigenvalue weighted by molar-refractivity contribution is 5.89. The van der Waals surface area contributed by atoms with E-state index in [1.165, 1.54) is 31.4 Å². The molecule has 1 aromatic rings. The van der Waals surface area contributed by atoms with Crippen molar-refractivity contribution in [3.05, 3.63) is 29.8 Å². The zero-order valence-electron chi connectivity index (χ0n) is 9.88. The fraction of sp³-hybridized carbons (Fsp3) is 0.333. The number of esters is 1. The quantitative estimate of drug-likeness (QED) is 0.641. The lowest BCUT2D eigenvalue weighted by Gasteiger charge is -2.02. The molecule has 0 radical (unpaired) electrons. The van der Waals surface area contributed by atoms with Crippen LogP contribution < -0.4 is 0 Å². The number of aromatic hydroxyl groups is 1. The standard InChI is InChI=1S/C10H12O3.C2H4O2/c1-2-7-13-10(12)8-3-5-9(11)6-4-8;1-4-2-3/h3-6,11H,2,7H2,1H3;2H,1H3. The summed E-state index contributed by atoms with van der Waals surface area (Å²) in [6, 6.07) is 5.99. The zero-order chi connectivity index (χ0) is 13.1. The predicted octanol–water partition coefficient (Wildman–Crippen LogP) is 1.75. The van der Waals surface area contributed by atoms with Crippen LogP contribution in [0.1, 0.15) is 23.7 Å². The van der Waals surface area contributed by atoms with Gasteiger partial charge in [-0.05, 0) is 30.7 Å². The molecule has 0 saturated heterocycles. The summed E-state index contributed by atoms with van der Waals surface area (Å²) in [5.74, 6) is -0.200. The highest BCUT2D eigenvalue weighted by atomic mass is 16.5. The van der Waals surface area contributed by atoms with Crippen molar-refractivity contribution < 1.29 is 24.2 Å². The van der Waals surface area contributed by atoms with Crippen LogP contribution in [0.15, 0.2) is 24.3 Å². The lowest BCUT2D eigenvalue weighted by molar-refractivity contribution is -0.126. The molecule has 5 heteroatoms. The van der Waals surface area contributed by atoms with Crippen LogP contribution >= 0.6 is 0 Å². The molecule has 0 bridgehead atoms. The van der Waals surface area contributed by atoms with E-state index >= 15 is 0 Å². The molecule has 5 nitrogen and oxygen atoms in total. The number of hydrogen-bond donors (Lipinski definition) is 1. The van der Waals surface area contributed by atoms with E-state index in [-0.39, 0.29) is 11.7 Å². The number of carbonyl (C=O) groups is 2. The lowest BCUT2D eigenvalue weighted by atomic mass is 10.2.